The first-order valence-electron chi connectivity index (χ1n) is 6.54. The number of hydrogen-bond donors (Lipinski definition) is 2. The van der Waals surface area contributed by atoms with Crippen molar-refractivity contribution in [3.05, 3.63) is 44.4 Å². The van der Waals surface area contributed by atoms with Gasteiger partial charge >= 0.3 is 0 Å². The third-order valence-corrected chi connectivity index (χ3v) is 3.84. The van der Waals surface area contributed by atoms with Gasteiger partial charge in [0.1, 0.15) is 5.76 Å². The molecule has 22 heavy (non-hydrogen) atoms. The molecule has 0 atom stereocenters. The number of nitrogens with zero attached hydrogens (tertiary/aromatic N) is 4. The molecule has 0 saturated carbocycles. The summed E-state index contributed by atoms with van der Waals surface area (Å²) in [5, 5.41) is 13.8. The lowest BCUT2D eigenvalue weighted by molar-refractivity contribution is 0.394. The van der Waals surface area contributed by atoms with E-state index in [9.17, 15) is 0 Å². The molecular formula is C13H14N6OS2. The van der Waals surface area contributed by atoms with Gasteiger partial charge < -0.3 is 4.52 Å². The standard InChI is InChI=1S/C13H14N6OS2/c1-7-4-10(6-14-19-12(21)15-16-13(19)22)9(3)18(7)11-5-8(2)20-17-11/h4-6H,1-3H3,(H,15,21)(H,16,22)/b14-6-. The van der Waals surface area contributed by atoms with Crippen molar-refractivity contribution in [1.82, 2.24) is 24.6 Å². The first kappa shape index (κ1) is 14.7. The Morgan fingerprint density at radius 2 is 1.86 bits per heavy atom. The maximum atomic E-state index is 5.14. The zero-order valence-electron chi connectivity index (χ0n) is 12.2. The topological polar surface area (TPSA) is 79.8 Å². The lowest BCUT2D eigenvalue weighted by Crippen LogP contribution is -2.00. The van der Waals surface area contributed by atoms with Gasteiger partial charge in [-0.1, -0.05) is 5.16 Å². The van der Waals surface area contributed by atoms with Crippen LogP contribution in [-0.2, 0) is 0 Å². The molecule has 0 aliphatic heterocycles. The first-order chi connectivity index (χ1) is 10.5. The smallest absolute Gasteiger partial charge is 0.215 e. The highest BCUT2D eigenvalue weighted by molar-refractivity contribution is 7.72. The van der Waals surface area contributed by atoms with Gasteiger partial charge in [-0.25, -0.2) is 0 Å². The van der Waals surface area contributed by atoms with Crippen LogP contribution in [0.1, 0.15) is 22.7 Å². The minimum absolute atomic E-state index is 0.419. The summed E-state index contributed by atoms with van der Waals surface area (Å²) >= 11 is 10.2. The van der Waals surface area contributed by atoms with Crippen LogP contribution in [0.25, 0.3) is 5.82 Å². The van der Waals surface area contributed by atoms with Crippen molar-refractivity contribution in [2.24, 2.45) is 5.10 Å². The molecule has 0 saturated heterocycles. The molecule has 114 valence electrons. The molecule has 0 radical (unpaired) electrons. The van der Waals surface area contributed by atoms with Gasteiger partial charge in [-0.3, -0.25) is 14.8 Å². The second-order valence-corrected chi connectivity index (χ2v) is 5.65. The Labute approximate surface area is 136 Å². The molecule has 3 heterocycles. The minimum atomic E-state index is 0.419. The van der Waals surface area contributed by atoms with Gasteiger partial charge in [0.15, 0.2) is 5.82 Å². The van der Waals surface area contributed by atoms with E-state index in [1.54, 1.807) is 6.21 Å². The van der Waals surface area contributed by atoms with Crippen molar-refractivity contribution < 1.29 is 4.52 Å². The Kier molecular flexibility index (Phi) is 3.67. The fraction of sp³-hybridized carbons (Fsp3) is 0.231. The summed E-state index contributed by atoms with van der Waals surface area (Å²) < 4.78 is 9.45. The highest BCUT2D eigenvalue weighted by Crippen LogP contribution is 2.19. The van der Waals surface area contributed by atoms with E-state index in [-0.39, 0.29) is 0 Å². The summed E-state index contributed by atoms with van der Waals surface area (Å²) in [7, 11) is 0. The van der Waals surface area contributed by atoms with E-state index in [0.717, 1.165) is 28.5 Å². The Hall–Kier alpha value is -2.26. The molecule has 3 rings (SSSR count). The molecular weight excluding hydrogens is 320 g/mol. The van der Waals surface area contributed by atoms with E-state index in [4.69, 9.17) is 29.0 Å². The van der Waals surface area contributed by atoms with E-state index in [0.29, 0.717) is 9.54 Å². The molecule has 0 spiro atoms. The van der Waals surface area contributed by atoms with Gasteiger partial charge in [0.05, 0.1) is 6.21 Å². The fourth-order valence-corrected chi connectivity index (χ4v) is 2.70. The molecule has 3 aromatic rings. The molecule has 3 aromatic heterocycles. The average Bonchev–Trinajstić information content (AvgIpc) is 3.09. The van der Waals surface area contributed by atoms with Crippen molar-refractivity contribution in [3.8, 4) is 5.82 Å². The number of aromatic nitrogens is 5. The number of aryl methyl sites for hydroxylation is 2. The van der Waals surface area contributed by atoms with Crippen LogP contribution >= 0.6 is 24.4 Å². The zero-order chi connectivity index (χ0) is 15.9. The Bertz CT molecular complexity index is 940. The molecule has 0 amide bonds. The summed E-state index contributed by atoms with van der Waals surface area (Å²) in [6, 6.07) is 3.91. The molecule has 0 fully saturated rings. The van der Waals surface area contributed by atoms with Crippen LogP contribution < -0.4 is 0 Å². The fourth-order valence-electron chi connectivity index (χ4n) is 2.26. The van der Waals surface area contributed by atoms with Crippen LogP contribution in [0.15, 0.2) is 21.8 Å². The first-order valence-corrected chi connectivity index (χ1v) is 7.35. The molecule has 2 N–H and O–H groups in total. The molecule has 0 aromatic carbocycles. The maximum absolute atomic E-state index is 5.14. The Morgan fingerprint density at radius 1 is 1.18 bits per heavy atom. The van der Waals surface area contributed by atoms with E-state index < -0.39 is 0 Å². The SMILES string of the molecule is Cc1cc(-n2c(C)cc(/C=N\n3c(=S)[nH][nH]c3=S)c2C)no1. The zero-order valence-corrected chi connectivity index (χ0v) is 13.9. The van der Waals surface area contributed by atoms with Crippen molar-refractivity contribution in [2.75, 3.05) is 0 Å². The molecule has 7 nitrogen and oxygen atoms in total. The summed E-state index contributed by atoms with van der Waals surface area (Å²) in [4.78, 5) is 0. The largest absolute Gasteiger partial charge is 0.360 e. The highest BCUT2D eigenvalue weighted by atomic mass is 32.1. The number of aromatic amines is 2. The third-order valence-electron chi connectivity index (χ3n) is 3.29. The second-order valence-electron chi connectivity index (χ2n) is 4.87. The van der Waals surface area contributed by atoms with Crippen molar-refractivity contribution in [2.45, 2.75) is 20.8 Å². The number of nitrogens with one attached hydrogen (secondary N) is 2. The molecule has 0 aliphatic rings. The van der Waals surface area contributed by atoms with Gasteiger partial charge in [-0.15, -0.1) is 0 Å². The summed E-state index contributed by atoms with van der Waals surface area (Å²) in [6.07, 6.45) is 1.72. The molecule has 0 unspecified atom stereocenters. The van der Waals surface area contributed by atoms with Gasteiger partial charge in [0.25, 0.3) is 0 Å². The van der Waals surface area contributed by atoms with E-state index in [1.807, 2.05) is 37.5 Å². The maximum Gasteiger partial charge on any atom is 0.215 e. The monoisotopic (exact) mass is 334 g/mol. The van der Waals surface area contributed by atoms with Crippen LogP contribution in [0.5, 0.6) is 0 Å². The van der Waals surface area contributed by atoms with E-state index >= 15 is 0 Å². The molecule has 0 bridgehead atoms. The highest BCUT2D eigenvalue weighted by Gasteiger charge is 2.12. The van der Waals surface area contributed by atoms with Gasteiger partial charge in [-0.05, 0) is 51.3 Å². The van der Waals surface area contributed by atoms with E-state index in [2.05, 4.69) is 20.5 Å². The van der Waals surface area contributed by atoms with Gasteiger partial charge in [-0.2, -0.15) is 9.78 Å². The van der Waals surface area contributed by atoms with Crippen LogP contribution in [0.2, 0.25) is 0 Å². The predicted octanol–water partition coefficient (Wildman–Crippen LogP) is 3.19. The summed E-state index contributed by atoms with van der Waals surface area (Å²) in [5.74, 6) is 1.52. The lowest BCUT2D eigenvalue weighted by Gasteiger charge is -2.03. The van der Waals surface area contributed by atoms with Crippen LogP contribution in [0.3, 0.4) is 0 Å². The van der Waals surface area contributed by atoms with Crippen LogP contribution in [0, 0.1) is 30.3 Å². The van der Waals surface area contributed by atoms with Crippen LogP contribution in [-0.4, -0.2) is 30.8 Å². The Balaban J connectivity index is 2.03. The summed E-state index contributed by atoms with van der Waals surface area (Å²) in [5.41, 5.74) is 3.00. The normalized spacial score (nSPS) is 11.6. The Morgan fingerprint density at radius 3 is 2.45 bits per heavy atom. The van der Waals surface area contributed by atoms with Gasteiger partial charge in [0, 0.05) is 23.0 Å². The summed E-state index contributed by atoms with van der Waals surface area (Å²) in [6.45, 7) is 5.86. The quantitative estimate of drug-likeness (QED) is 0.569. The molecule has 0 aliphatic carbocycles. The van der Waals surface area contributed by atoms with Crippen molar-refractivity contribution in [1.29, 1.82) is 0 Å². The van der Waals surface area contributed by atoms with Crippen molar-refractivity contribution in [3.63, 3.8) is 0 Å². The third kappa shape index (κ3) is 2.48. The number of rotatable bonds is 3. The predicted molar refractivity (Wildman–Crippen MR) is 87.8 cm³/mol. The minimum Gasteiger partial charge on any atom is -0.360 e. The van der Waals surface area contributed by atoms with Crippen molar-refractivity contribution >= 4 is 30.7 Å². The van der Waals surface area contributed by atoms with E-state index in [1.165, 1.54) is 4.68 Å². The number of hydrogen-bond acceptors (Lipinski definition) is 5. The number of H-pyrrole nitrogens is 2. The van der Waals surface area contributed by atoms with Gasteiger partial charge in [0.2, 0.25) is 9.54 Å². The average molecular weight is 334 g/mol. The second kappa shape index (κ2) is 5.50. The molecule has 9 heteroatoms. The van der Waals surface area contributed by atoms with Crippen LogP contribution in [0.4, 0.5) is 0 Å². The lowest BCUT2D eigenvalue weighted by atomic mass is 10.3.